The fourth-order valence-corrected chi connectivity index (χ4v) is 11.8. The Morgan fingerprint density at radius 3 is 1.25 bits per heavy atom. The van der Waals surface area contributed by atoms with E-state index in [1.165, 1.54) is 76.4 Å². The monoisotopic (exact) mass is 954 g/mol. The van der Waals surface area contributed by atoms with Crippen molar-refractivity contribution in [3.05, 3.63) is 279 Å². The van der Waals surface area contributed by atoms with Gasteiger partial charge in [-0.25, -0.2) is 0 Å². The minimum atomic E-state index is 0.901. The third kappa shape index (κ3) is 7.12. The van der Waals surface area contributed by atoms with Gasteiger partial charge in [0.25, 0.3) is 0 Å². The van der Waals surface area contributed by atoms with Crippen LogP contribution in [0.25, 0.3) is 126 Å². The molecule has 0 bridgehead atoms. The highest BCUT2D eigenvalue weighted by atomic mass is 16.3. The fraction of sp³-hybridized carbons (Fsp3) is 0. The van der Waals surface area contributed by atoms with Crippen LogP contribution in [-0.4, -0.2) is 4.57 Å². The molecule has 0 spiro atoms. The molecule has 0 saturated heterocycles. The number of rotatable bonds is 8. The molecule has 0 amide bonds. The fourth-order valence-electron chi connectivity index (χ4n) is 11.8. The van der Waals surface area contributed by atoms with Gasteiger partial charge < -0.3 is 13.9 Å². The predicted molar refractivity (Wildman–Crippen MR) is 317 cm³/mol. The van der Waals surface area contributed by atoms with Crippen molar-refractivity contribution in [3.8, 4) is 50.2 Å². The van der Waals surface area contributed by atoms with Crippen molar-refractivity contribution in [3.63, 3.8) is 0 Å². The van der Waals surface area contributed by atoms with Crippen LogP contribution in [0, 0.1) is 0 Å². The molecular weight excluding hydrogens is 909 g/mol. The van der Waals surface area contributed by atoms with E-state index in [0.29, 0.717) is 0 Å². The molecule has 2 heterocycles. The smallest absolute Gasteiger partial charge is 0.136 e. The van der Waals surface area contributed by atoms with E-state index in [9.17, 15) is 0 Å². The first-order chi connectivity index (χ1) is 37.2. The Hall–Kier alpha value is -9.96. The second kappa shape index (κ2) is 17.4. The Morgan fingerprint density at radius 2 is 0.667 bits per heavy atom. The van der Waals surface area contributed by atoms with Gasteiger partial charge in [0.1, 0.15) is 11.2 Å². The zero-order chi connectivity index (χ0) is 49.4. The zero-order valence-corrected chi connectivity index (χ0v) is 40.9. The molecule has 75 heavy (non-hydrogen) atoms. The second-order valence-electron chi connectivity index (χ2n) is 19.6. The van der Waals surface area contributed by atoms with Crippen molar-refractivity contribution >= 4 is 93.1 Å². The highest BCUT2D eigenvalue weighted by Crippen LogP contribution is 2.43. The molecule has 0 radical (unpaired) electrons. The average molecular weight is 955 g/mol. The quantitative estimate of drug-likeness (QED) is 0.142. The summed E-state index contributed by atoms with van der Waals surface area (Å²) < 4.78 is 8.64. The summed E-state index contributed by atoms with van der Waals surface area (Å²) in [5.41, 5.74) is 18.0. The van der Waals surface area contributed by atoms with Crippen LogP contribution < -0.4 is 4.90 Å². The number of nitrogens with zero attached hydrogens (tertiary/aromatic N) is 2. The molecule has 0 aliphatic heterocycles. The van der Waals surface area contributed by atoms with Crippen molar-refractivity contribution in [1.82, 2.24) is 4.57 Å². The Kier molecular flexibility index (Phi) is 9.89. The van der Waals surface area contributed by atoms with E-state index in [1.807, 2.05) is 12.1 Å². The van der Waals surface area contributed by atoms with Crippen LogP contribution in [0.15, 0.2) is 283 Å². The molecule has 2 aromatic heterocycles. The molecule has 0 N–H and O–H groups in total. The molecule has 0 aliphatic rings. The van der Waals surface area contributed by atoms with Crippen molar-refractivity contribution in [2.45, 2.75) is 0 Å². The van der Waals surface area contributed by atoms with Gasteiger partial charge in [-0.15, -0.1) is 0 Å². The number of anilines is 3. The van der Waals surface area contributed by atoms with Gasteiger partial charge in [0, 0.05) is 44.3 Å². The third-order valence-electron chi connectivity index (χ3n) is 15.4. The van der Waals surface area contributed by atoms with Gasteiger partial charge in [0.15, 0.2) is 0 Å². The summed E-state index contributed by atoms with van der Waals surface area (Å²) in [6.07, 6.45) is 0. The molecule has 0 fully saturated rings. The minimum absolute atomic E-state index is 0.901. The summed E-state index contributed by atoms with van der Waals surface area (Å²) in [4.78, 5) is 2.39. The van der Waals surface area contributed by atoms with Crippen LogP contribution in [-0.2, 0) is 0 Å². The lowest BCUT2D eigenvalue weighted by Crippen LogP contribution is -2.10. The first kappa shape index (κ1) is 42.7. The molecule has 0 unspecified atom stereocenters. The molecule has 3 heteroatoms. The number of aromatic nitrogens is 1. The van der Waals surface area contributed by atoms with E-state index < -0.39 is 0 Å². The maximum atomic E-state index is 6.27. The van der Waals surface area contributed by atoms with Crippen LogP contribution in [0.4, 0.5) is 17.1 Å². The lowest BCUT2D eigenvalue weighted by molar-refractivity contribution is 0.669. The lowest BCUT2D eigenvalue weighted by Gasteiger charge is -2.27. The van der Waals surface area contributed by atoms with E-state index in [-0.39, 0.29) is 0 Å². The Balaban J connectivity index is 0.776. The first-order valence-corrected chi connectivity index (χ1v) is 25.7. The van der Waals surface area contributed by atoms with E-state index in [2.05, 4.69) is 276 Å². The van der Waals surface area contributed by atoms with Crippen LogP contribution in [0.5, 0.6) is 0 Å². The Morgan fingerprint density at radius 1 is 0.253 bits per heavy atom. The van der Waals surface area contributed by atoms with Crippen LogP contribution >= 0.6 is 0 Å². The third-order valence-corrected chi connectivity index (χ3v) is 15.4. The summed E-state index contributed by atoms with van der Waals surface area (Å²) in [7, 11) is 0. The molecule has 13 aromatic carbocycles. The van der Waals surface area contributed by atoms with E-state index >= 15 is 0 Å². The summed E-state index contributed by atoms with van der Waals surface area (Å²) >= 11 is 0. The number of fused-ring (bicyclic) bond motifs is 12. The number of hydrogen-bond donors (Lipinski definition) is 0. The largest absolute Gasteiger partial charge is 0.456 e. The van der Waals surface area contributed by atoms with Crippen molar-refractivity contribution in [1.29, 1.82) is 0 Å². The molecule has 0 saturated carbocycles. The summed E-state index contributed by atoms with van der Waals surface area (Å²) in [6.45, 7) is 0. The van der Waals surface area contributed by atoms with Crippen molar-refractivity contribution in [2.24, 2.45) is 0 Å². The zero-order valence-electron chi connectivity index (χ0n) is 40.9. The Labute approximate surface area is 434 Å². The van der Waals surface area contributed by atoms with Crippen LogP contribution in [0.2, 0.25) is 0 Å². The maximum absolute atomic E-state index is 6.27. The summed E-state index contributed by atoms with van der Waals surface area (Å²) in [6, 6.07) is 101. The SMILES string of the molecule is c1cc(-c2ccc(N(c3ccc(-c4ccc(-c5ccc(-n6c7ccccc7c7ccccc76)cc5)cc4)cc3)c3ccc4c5ccccc5c5ccccc5c4c3)cc2)cc(-c2cccc3oc4ccccc4c23)c1. The average Bonchev–Trinajstić information content (AvgIpc) is 4.04. The van der Waals surface area contributed by atoms with Crippen LogP contribution in [0.1, 0.15) is 0 Å². The van der Waals surface area contributed by atoms with Gasteiger partial charge in [0.05, 0.1) is 11.0 Å². The van der Waals surface area contributed by atoms with Crippen molar-refractivity contribution in [2.75, 3.05) is 4.90 Å². The first-order valence-electron chi connectivity index (χ1n) is 25.7. The van der Waals surface area contributed by atoms with Gasteiger partial charge >= 0.3 is 0 Å². The summed E-state index contributed by atoms with van der Waals surface area (Å²) in [5.74, 6) is 0. The number of hydrogen-bond acceptors (Lipinski definition) is 2. The van der Waals surface area contributed by atoms with Gasteiger partial charge in [-0.3, -0.25) is 0 Å². The lowest BCUT2D eigenvalue weighted by atomic mass is 9.94. The number of benzene rings is 13. The predicted octanol–water partition coefficient (Wildman–Crippen LogP) is 20.3. The minimum Gasteiger partial charge on any atom is -0.456 e. The second-order valence-corrected chi connectivity index (χ2v) is 19.6. The molecule has 350 valence electrons. The number of para-hydroxylation sites is 3. The topological polar surface area (TPSA) is 21.3 Å². The molecular formula is C72H46N2O. The number of furan rings is 1. The highest BCUT2D eigenvalue weighted by Gasteiger charge is 2.18. The van der Waals surface area contributed by atoms with Crippen LogP contribution in [0.3, 0.4) is 0 Å². The van der Waals surface area contributed by atoms with E-state index in [1.54, 1.807) is 0 Å². The van der Waals surface area contributed by atoms with E-state index in [4.69, 9.17) is 4.42 Å². The van der Waals surface area contributed by atoms with Crippen molar-refractivity contribution < 1.29 is 4.42 Å². The maximum Gasteiger partial charge on any atom is 0.136 e. The summed E-state index contributed by atoms with van der Waals surface area (Å²) in [5, 5.41) is 12.4. The van der Waals surface area contributed by atoms with E-state index in [0.717, 1.165) is 66.9 Å². The molecule has 3 nitrogen and oxygen atoms in total. The molecule has 15 rings (SSSR count). The molecule has 0 aliphatic carbocycles. The van der Waals surface area contributed by atoms with Gasteiger partial charge in [-0.1, -0.05) is 200 Å². The standard InChI is InChI=1S/C72H46N2O/c1-2-17-61-59(15-1)60-16-3-4-18-62(60)67-46-57(43-44-63(61)67)73(55-39-35-51(36-40-55)52-13-11-14-53(45-52)58-22-12-26-71-72(58)66-21-7-10-25-70(66)75-71)54-37-31-49(32-38-54)47-27-29-48(30-28-47)50-33-41-56(42-34-50)74-68-23-8-5-19-64(68)65-20-6-9-24-69(65)74/h1-46H. The molecule has 15 aromatic rings. The van der Waals surface area contributed by atoms with Gasteiger partial charge in [-0.2, -0.15) is 0 Å². The van der Waals surface area contributed by atoms with Gasteiger partial charge in [-0.05, 0) is 156 Å². The Bertz CT molecular complexity index is 4590. The molecule has 0 atom stereocenters. The normalized spacial score (nSPS) is 11.7. The van der Waals surface area contributed by atoms with Gasteiger partial charge in [0.2, 0.25) is 0 Å². The highest BCUT2D eigenvalue weighted by molar-refractivity contribution is 6.26.